The number of hydrogen-bond donors (Lipinski definition) is 0. The first-order chi connectivity index (χ1) is 16.0. The first-order valence-electron chi connectivity index (χ1n) is 10.5. The largest absolute Gasteiger partial charge is 0.497 e. The summed E-state index contributed by atoms with van der Waals surface area (Å²) in [7, 11) is 1.60. The summed E-state index contributed by atoms with van der Waals surface area (Å²) in [6, 6.07) is 19.7. The lowest BCUT2D eigenvalue weighted by atomic mass is 9.98. The maximum Gasteiger partial charge on any atom is 0.297 e. The van der Waals surface area contributed by atoms with Crippen LogP contribution in [0, 0.1) is 6.92 Å². The fourth-order valence-corrected chi connectivity index (χ4v) is 5.43. The van der Waals surface area contributed by atoms with Gasteiger partial charge >= 0.3 is 0 Å². The van der Waals surface area contributed by atoms with Gasteiger partial charge in [0.15, 0.2) is 10.6 Å². The number of para-hydroxylation sites is 1. The molecule has 6 rings (SSSR count). The summed E-state index contributed by atoms with van der Waals surface area (Å²) in [4.78, 5) is 33.6. The first kappa shape index (κ1) is 19.7. The number of nitrogens with zero attached hydrogens (tertiary/aromatic N) is 2. The SMILES string of the molecule is COc1ccc(C2c3c(oc4ccccc4c3=O)C(=O)N2c2nc3ccc(C)cc3s2)cc1. The van der Waals surface area contributed by atoms with Crippen molar-refractivity contribution in [2.45, 2.75) is 13.0 Å². The lowest BCUT2D eigenvalue weighted by Gasteiger charge is -2.22. The van der Waals surface area contributed by atoms with Crippen LogP contribution in [0.3, 0.4) is 0 Å². The number of fused-ring (bicyclic) bond motifs is 3. The van der Waals surface area contributed by atoms with E-state index in [1.807, 2.05) is 49.4 Å². The van der Waals surface area contributed by atoms with Crippen LogP contribution in [0.4, 0.5) is 5.13 Å². The van der Waals surface area contributed by atoms with E-state index in [2.05, 4.69) is 0 Å². The Morgan fingerprint density at radius 3 is 2.61 bits per heavy atom. The second-order valence-electron chi connectivity index (χ2n) is 7.99. The van der Waals surface area contributed by atoms with Crippen molar-refractivity contribution in [3.05, 3.63) is 99.4 Å². The summed E-state index contributed by atoms with van der Waals surface area (Å²) in [6.45, 7) is 2.02. The Morgan fingerprint density at radius 2 is 1.82 bits per heavy atom. The highest BCUT2D eigenvalue weighted by atomic mass is 32.1. The number of amides is 1. The van der Waals surface area contributed by atoms with Crippen LogP contribution < -0.4 is 15.1 Å². The first-order valence-corrected chi connectivity index (χ1v) is 11.3. The molecule has 0 radical (unpaired) electrons. The van der Waals surface area contributed by atoms with Crippen molar-refractivity contribution < 1.29 is 13.9 Å². The Kier molecular flexibility index (Phi) is 4.35. The third-order valence-electron chi connectivity index (χ3n) is 5.95. The molecule has 6 nitrogen and oxygen atoms in total. The molecular formula is C26H18N2O4S. The molecule has 1 amide bonds. The average molecular weight is 455 g/mol. The maximum atomic E-state index is 13.7. The zero-order valence-electron chi connectivity index (χ0n) is 17.9. The van der Waals surface area contributed by atoms with Gasteiger partial charge in [0, 0.05) is 0 Å². The number of hydrogen-bond acceptors (Lipinski definition) is 6. The fourth-order valence-electron chi connectivity index (χ4n) is 4.34. The van der Waals surface area contributed by atoms with Gasteiger partial charge in [0.1, 0.15) is 11.3 Å². The number of methoxy groups -OCH3 is 1. The van der Waals surface area contributed by atoms with Gasteiger partial charge in [0.2, 0.25) is 5.76 Å². The Bertz CT molecular complexity index is 1620. The summed E-state index contributed by atoms with van der Waals surface area (Å²) in [5.41, 5.74) is 3.22. The molecule has 0 fully saturated rings. The number of aromatic nitrogens is 1. The second kappa shape index (κ2) is 7.28. The van der Waals surface area contributed by atoms with Gasteiger partial charge in [-0.2, -0.15) is 0 Å². The smallest absolute Gasteiger partial charge is 0.297 e. The number of anilines is 1. The monoisotopic (exact) mass is 454 g/mol. The van der Waals surface area contributed by atoms with Crippen LogP contribution in [0.15, 0.2) is 75.9 Å². The zero-order valence-corrected chi connectivity index (χ0v) is 18.7. The topological polar surface area (TPSA) is 72.6 Å². The predicted octanol–water partition coefficient (Wildman–Crippen LogP) is 5.47. The number of benzene rings is 3. The third-order valence-corrected chi connectivity index (χ3v) is 6.97. The van der Waals surface area contributed by atoms with Crippen molar-refractivity contribution >= 4 is 43.6 Å². The van der Waals surface area contributed by atoms with Gasteiger partial charge < -0.3 is 9.15 Å². The van der Waals surface area contributed by atoms with Gasteiger partial charge in [-0.05, 0) is 54.4 Å². The Balaban J connectivity index is 1.62. The van der Waals surface area contributed by atoms with E-state index >= 15 is 0 Å². The molecule has 3 heterocycles. The quantitative estimate of drug-likeness (QED) is 0.361. The Morgan fingerprint density at radius 1 is 1.03 bits per heavy atom. The van der Waals surface area contributed by atoms with Crippen LogP contribution in [-0.2, 0) is 0 Å². The van der Waals surface area contributed by atoms with Gasteiger partial charge in [-0.3, -0.25) is 14.5 Å². The normalized spacial score (nSPS) is 15.4. The summed E-state index contributed by atoms with van der Waals surface area (Å²) in [5, 5.41) is 0.973. The number of ether oxygens (including phenoxy) is 1. The van der Waals surface area contributed by atoms with Gasteiger partial charge in [0.05, 0.1) is 34.3 Å². The van der Waals surface area contributed by atoms with Gasteiger partial charge in [-0.1, -0.05) is 41.7 Å². The zero-order chi connectivity index (χ0) is 22.7. The molecule has 3 aromatic carbocycles. The molecule has 2 aromatic heterocycles. The van der Waals surface area contributed by atoms with Crippen LogP contribution in [0.1, 0.15) is 33.3 Å². The number of carbonyl (C=O) groups is 1. The van der Waals surface area contributed by atoms with Gasteiger partial charge in [-0.25, -0.2) is 4.98 Å². The number of thiazole rings is 1. The Labute approximate surface area is 192 Å². The van der Waals surface area contributed by atoms with Crippen LogP contribution in [-0.4, -0.2) is 18.0 Å². The number of carbonyl (C=O) groups excluding carboxylic acids is 1. The minimum Gasteiger partial charge on any atom is -0.497 e. The predicted molar refractivity (Wildman–Crippen MR) is 128 cm³/mol. The van der Waals surface area contributed by atoms with E-state index in [0.29, 0.717) is 27.4 Å². The van der Waals surface area contributed by atoms with Crippen molar-refractivity contribution in [1.29, 1.82) is 0 Å². The molecule has 1 aliphatic heterocycles. The van der Waals surface area contributed by atoms with Crippen molar-refractivity contribution in [2.24, 2.45) is 0 Å². The van der Waals surface area contributed by atoms with E-state index in [1.165, 1.54) is 11.3 Å². The standard InChI is InChI=1S/C26H18N2O4S/c1-14-7-12-18-20(13-14)33-26(27-18)28-22(15-8-10-16(31-2)11-9-15)21-23(29)17-5-3-4-6-19(17)32-24(21)25(28)30/h3-13,22H,1-2H3. The van der Waals surface area contributed by atoms with E-state index in [1.54, 1.807) is 36.3 Å². The summed E-state index contributed by atoms with van der Waals surface area (Å²) < 4.78 is 12.3. The van der Waals surface area contributed by atoms with Crippen LogP contribution in [0.25, 0.3) is 21.2 Å². The van der Waals surface area contributed by atoms with Gasteiger partial charge in [0.25, 0.3) is 5.91 Å². The summed E-state index contributed by atoms with van der Waals surface area (Å²) in [6.07, 6.45) is 0. The molecular weight excluding hydrogens is 436 g/mol. The van der Waals surface area contributed by atoms with Crippen molar-refractivity contribution in [3.8, 4) is 5.75 Å². The minimum absolute atomic E-state index is 0.0648. The molecule has 1 atom stereocenters. The lowest BCUT2D eigenvalue weighted by molar-refractivity contribution is 0.0971. The summed E-state index contributed by atoms with van der Waals surface area (Å²) >= 11 is 1.42. The van der Waals surface area contributed by atoms with E-state index in [-0.39, 0.29) is 17.1 Å². The molecule has 0 aliphatic carbocycles. The fraction of sp³-hybridized carbons (Fsp3) is 0.115. The highest BCUT2D eigenvalue weighted by Crippen LogP contribution is 2.43. The van der Waals surface area contributed by atoms with E-state index < -0.39 is 6.04 Å². The lowest BCUT2D eigenvalue weighted by Crippen LogP contribution is -2.29. The van der Waals surface area contributed by atoms with Gasteiger partial charge in [-0.15, -0.1) is 0 Å². The molecule has 1 aliphatic rings. The average Bonchev–Trinajstić information content (AvgIpc) is 3.37. The minimum atomic E-state index is -0.652. The molecule has 0 saturated carbocycles. The highest BCUT2D eigenvalue weighted by Gasteiger charge is 2.45. The molecule has 7 heteroatoms. The number of rotatable bonds is 3. The third kappa shape index (κ3) is 2.97. The molecule has 0 N–H and O–H groups in total. The molecule has 0 bridgehead atoms. The van der Waals surface area contributed by atoms with Crippen LogP contribution >= 0.6 is 11.3 Å². The van der Waals surface area contributed by atoms with E-state index in [4.69, 9.17) is 14.1 Å². The van der Waals surface area contributed by atoms with Crippen molar-refractivity contribution in [1.82, 2.24) is 4.98 Å². The number of aryl methyl sites for hydroxylation is 1. The van der Waals surface area contributed by atoms with Crippen LogP contribution in [0.5, 0.6) is 5.75 Å². The van der Waals surface area contributed by atoms with Crippen molar-refractivity contribution in [3.63, 3.8) is 0 Å². The molecule has 33 heavy (non-hydrogen) atoms. The van der Waals surface area contributed by atoms with Crippen LogP contribution in [0.2, 0.25) is 0 Å². The van der Waals surface area contributed by atoms with E-state index in [9.17, 15) is 9.59 Å². The van der Waals surface area contributed by atoms with Crippen molar-refractivity contribution in [2.75, 3.05) is 12.0 Å². The molecule has 5 aromatic rings. The molecule has 0 spiro atoms. The molecule has 162 valence electrons. The maximum absolute atomic E-state index is 13.7. The second-order valence-corrected chi connectivity index (χ2v) is 9.00. The summed E-state index contributed by atoms with van der Waals surface area (Å²) in [5.74, 6) is 0.384. The highest BCUT2D eigenvalue weighted by molar-refractivity contribution is 7.22. The Hall–Kier alpha value is -3.97. The van der Waals surface area contributed by atoms with E-state index in [0.717, 1.165) is 21.3 Å². The molecule has 1 unspecified atom stereocenters. The molecule has 0 saturated heterocycles.